The molecule has 166 valence electrons. The van der Waals surface area contributed by atoms with Gasteiger partial charge in [-0.05, 0) is 42.0 Å². The summed E-state index contributed by atoms with van der Waals surface area (Å²) in [5, 5.41) is 3.18. The Morgan fingerprint density at radius 1 is 1.03 bits per heavy atom. The minimum Gasteiger partial charge on any atom is -0.481 e. The predicted octanol–water partition coefficient (Wildman–Crippen LogP) is 3.60. The zero-order valence-electron chi connectivity index (χ0n) is 17.1. The number of sulfonamides is 1. The summed E-state index contributed by atoms with van der Waals surface area (Å²) in [6.45, 7) is 0. The number of hydrogen-bond donors (Lipinski definition) is 2. The second-order valence-corrected chi connectivity index (χ2v) is 8.35. The van der Waals surface area contributed by atoms with Crippen LogP contribution in [0.3, 0.4) is 0 Å². The fourth-order valence-corrected chi connectivity index (χ4v) is 3.72. The topological polar surface area (TPSA) is 120 Å². The third kappa shape index (κ3) is 5.96. The Kier molecular flexibility index (Phi) is 7.29. The number of anilines is 2. The van der Waals surface area contributed by atoms with Gasteiger partial charge in [-0.3, -0.25) is 9.52 Å². The minimum absolute atomic E-state index is 0.0178. The van der Waals surface area contributed by atoms with Crippen molar-refractivity contribution in [1.29, 1.82) is 0 Å². The Hall–Kier alpha value is -3.63. The summed E-state index contributed by atoms with van der Waals surface area (Å²) in [6.07, 6.45) is 2.92. The fourth-order valence-electron chi connectivity index (χ4n) is 2.53. The molecule has 1 amide bonds. The summed E-state index contributed by atoms with van der Waals surface area (Å²) in [5.74, 6) is -0.271. The number of methoxy groups -OCH3 is 2. The molecule has 0 spiro atoms. The highest BCUT2D eigenvalue weighted by Crippen LogP contribution is 2.22. The van der Waals surface area contributed by atoms with Crippen molar-refractivity contribution in [3.63, 3.8) is 0 Å². The predicted molar refractivity (Wildman–Crippen MR) is 122 cm³/mol. The number of benzene rings is 2. The lowest BCUT2D eigenvalue weighted by Crippen LogP contribution is -2.15. The number of nitrogens with zero attached hydrogens (tertiary/aromatic N) is 2. The van der Waals surface area contributed by atoms with Crippen molar-refractivity contribution in [2.75, 3.05) is 24.3 Å². The second-order valence-electron chi connectivity index (χ2n) is 6.26. The molecule has 0 aliphatic rings. The van der Waals surface area contributed by atoms with Gasteiger partial charge >= 0.3 is 6.01 Å². The van der Waals surface area contributed by atoms with Crippen molar-refractivity contribution in [3.05, 3.63) is 71.3 Å². The number of rotatable bonds is 8. The molecule has 2 aromatic carbocycles. The van der Waals surface area contributed by atoms with Gasteiger partial charge in [-0.15, -0.1) is 0 Å². The van der Waals surface area contributed by atoms with Crippen LogP contribution in [0.4, 0.5) is 11.5 Å². The van der Waals surface area contributed by atoms with Crippen molar-refractivity contribution in [2.45, 2.75) is 4.90 Å². The Labute approximate surface area is 190 Å². The Balaban J connectivity index is 1.69. The first-order valence-corrected chi connectivity index (χ1v) is 11.0. The van der Waals surface area contributed by atoms with Crippen LogP contribution in [0, 0.1) is 0 Å². The maximum Gasteiger partial charge on any atom is 0.321 e. The summed E-state index contributed by atoms with van der Waals surface area (Å²) < 4.78 is 37.6. The molecule has 0 aliphatic carbocycles. The van der Waals surface area contributed by atoms with Gasteiger partial charge in [0.05, 0.1) is 19.1 Å². The molecule has 11 heteroatoms. The van der Waals surface area contributed by atoms with Gasteiger partial charge in [-0.2, -0.15) is 9.97 Å². The van der Waals surface area contributed by atoms with Gasteiger partial charge in [0, 0.05) is 22.9 Å². The zero-order chi connectivity index (χ0) is 23.1. The van der Waals surface area contributed by atoms with Gasteiger partial charge in [0.2, 0.25) is 11.8 Å². The van der Waals surface area contributed by atoms with Crippen molar-refractivity contribution in [2.24, 2.45) is 0 Å². The molecule has 0 aliphatic heterocycles. The molecule has 1 aromatic heterocycles. The summed E-state index contributed by atoms with van der Waals surface area (Å²) in [7, 11) is -1.22. The van der Waals surface area contributed by atoms with Gasteiger partial charge in [0.1, 0.15) is 0 Å². The monoisotopic (exact) mass is 474 g/mol. The molecule has 3 aromatic rings. The van der Waals surface area contributed by atoms with Crippen LogP contribution < -0.4 is 19.5 Å². The lowest BCUT2D eigenvalue weighted by Gasteiger charge is -2.10. The maximum atomic E-state index is 12.7. The quantitative estimate of drug-likeness (QED) is 0.478. The Morgan fingerprint density at radius 2 is 1.75 bits per heavy atom. The normalized spacial score (nSPS) is 11.2. The summed E-state index contributed by atoms with van der Waals surface area (Å²) in [5.41, 5.74) is 1.12. The van der Waals surface area contributed by atoms with Crippen LogP contribution in [0.2, 0.25) is 5.02 Å². The largest absolute Gasteiger partial charge is 0.481 e. The van der Waals surface area contributed by atoms with E-state index >= 15 is 0 Å². The molecule has 0 unspecified atom stereocenters. The number of halogens is 1. The summed E-state index contributed by atoms with van der Waals surface area (Å²) in [6, 6.07) is 14.0. The number of carbonyl (C=O) groups excluding carboxylic acids is 1. The van der Waals surface area contributed by atoms with E-state index in [1.54, 1.807) is 24.3 Å². The number of amides is 1. The lowest BCUT2D eigenvalue weighted by atomic mass is 10.2. The first-order chi connectivity index (χ1) is 15.3. The van der Waals surface area contributed by atoms with Crippen LogP contribution in [0.25, 0.3) is 6.08 Å². The molecule has 0 bridgehead atoms. The van der Waals surface area contributed by atoms with E-state index in [2.05, 4.69) is 20.0 Å². The Bertz CT molecular complexity index is 1230. The van der Waals surface area contributed by atoms with Gasteiger partial charge in [-0.1, -0.05) is 29.8 Å². The van der Waals surface area contributed by atoms with Gasteiger partial charge in [-0.25, -0.2) is 8.42 Å². The van der Waals surface area contributed by atoms with Crippen LogP contribution in [0.5, 0.6) is 11.9 Å². The maximum absolute atomic E-state index is 12.7. The molecule has 3 rings (SSSR count). The van der Waals surface area contributed by atoms with E-state index in [-0.39, 0.29) is 28.5 Å². The number of aromatic nitrogens is 2. The highest BCUT2D eigenvalue weighted by molar-refractivity contribution is 7.92. The highest BCUT2D eigenvalue weighted by atomic mass is 35.5. The second kappa shape index (κ2) is 10.1. The van der Waals surface area contributed by atoms with E-state index < -0.39 is 10.0 Å². The van der Waals surface area contributed by atoms with Crippen molar-refractivity contribution in [1.82, 2.24) is 9.97 Å². The first-order valence-electron chi connectivity index (χ1n) is 9.14. The number of hydrogen-bond acceptors (Lipinski definition) is 7. The summed E-state index contributed by atoms with van der Waals surface area (Å²) >= 11 is 6.05. The molecule has 1 heterocycles. The molecule has 0 atom stereocenters. The SMILES string of the molecule is COc1cc(NS(=O)(=O)c2ccc(NC(=O)C=Cc3ccccc3Cl)cc2)nc(OC)n1. The van der Waals surface area contributed by atoms with Crippen molar-refractivity contribution in [3.8, 4) is 11.9 Å². The van der Waals surface area contributed by atoms with Crippen LogP contribution in [-0.2, 0) is 14.8 Å². The van der Waals surface area contributed by atoms with Gasteiger partial charge in [0.25, 0.3) is 10.0 Å². The average molecular weight is 475 g/mol. The van der Waals surface area contributed by atoms with Gasteiger partial charge < -0.3 is 14.8 Å². The lowest BCUT2D eigenvalue weighted by molar-refractivity contribution is -0.111. The standard InChI is InChI=1S/C21H19ClN4O5S/c1-30-20-13-18(24-21(25-20)31-2)26-32(28,29)16-10-8-15(9-11-16)23-19(27)12-7-14-5-3-4-6-17(14)22/h3-13H,1-2H3,(H,23,27)(H,24,25,26). The van der Waals surface area contributed by atoms with Crippen molar-refractivity contribution < 1.29 is 22.7 Å². The molecule has 32 heavy (non-hydrogen) atoms. The third-order valence-electron chi connectivity index (χ3n) is 4.06. The van der Waals surface area contributed by atoms with E-state index in [1.165, 1.54) is 50.6 Å². The molecule has 0 radical (unpaired) electrons. The first kappa shape index (κ1) is 23.0. The molecule has 9 nitrogen and oxygen atoms in total. The van der Waals surface area contributed by atoms with E-state index in [0.29, 0.717) is 16.3 Å². The molecule has 2 N–H and O–H groups in total. The minimum atomic E-state index is -3.95. The Morgan fingerprint density at radius 3 is 2.41 bits per heavy atom. The molecular formula is C21H19ClN4O5S. The molecule has 0 fully saturated rings. The smallest absolute Gasteiger partial charge is 0.321 e. The van der Waals surface area contributed by atoms with Crippen LogP contribution in [0.1, 0.15) is 5.56 Å². The van der Waals surface area contributed by atoms with Gasteiger partial charge in [0.15, 0.2) is 5.82 Å². The van der Waals surface area contributed by atoms with E-state index in [1.807, 2.05) is 6.07 Å². The van der Waals surface area contributed by atoms with Crippen LogP contribution in [0.15, 0.2) is 65.6 Å². The fraction of sp³-hybridized carbons (Fsp3) is 0.0952. The van der Waals surface area contributed by atoms with Crippen molar-refractivity contribution >= 4 is 45.1 Å². The molecular weight excluding hydrogens is 456 g/mol. The van der Waals surface area contributed by atoms with E-state index in [0.717, 1.165) is 0 Å². The van der Waals surface area contributed by atoms with E-state index in [9.17, 15) is 13.2 Å². The van der Waals surface area contributed by atoms with Crippen LogP contribution >= 0.6 is 11.6 Å². The molecule has 0 saturated heterocycles. The number of nitrogens with one attached hydrogen (secondary N) is 2. The van der Waals surface area contributed by atoms with E-state index in [4.69, 9.17) is 21.1 Å². The van der Waals surface area contributed by atoms with Crippen LogP contribution in [-0.4, -0.2) is 38.5 Å². The molecule has 0 saturated carbocycles. The third-order valence-corrected chi connectivity index (χ3v) is 5.78. The zero-order valence-corrected chi connectivity index (χ0v) is 18.6. The number of ether oxygens (including phenoxy) is 2. The average Bonchev–Trinajstić information content (AvgIpc) is 2.78. The highest BCUT2D eigenvalue weighted by Gasteiger charge is 2.17. The summed E-state index contributed by atoms with van der Waals surface area (Å²) in [4.78, 5) is 20.0. The number of carbonyl (C=O) groups is 1.